The Morgan fingerprint density at radius 1 is 0.820 bits per heavy atom. The first-order valence-electron chi connectivity index (χ1n) is 15.2. The molecule has 270 valence electrons. The van der Waals surface area contributed by atoms with Crippen molar-refractivity contribution in [1.29, 1.82) is 0 Å². The number of imidazole rings is 1. The van der Waals surface area contributed by atoms with Gasteiger partial charge >= 0.3 is 24.3 Å². The summed E-state index contributed by atoms with van der Waals surface area (Å²) < 4.78 is 63.5. The number of aliphatic carboxylic acids is 2. The van der Waals surface area contributed by atoms with Gasteiger partial charge in [0, 0.05) is 36.5 Å². The van der Waals surface area contributed by atoms with Crippen LogP contribution in [0.2, 0.25) is 0 Å². The molecule has 4 aromatic rings. The Kier molecular flexibility index (Phi) is 16.0. The Balaban J connectivity index is 0.000000521. The van der Waals surface area contributed by atoms with Gasteiger partial charge in [0.05, 0.1) is 17.9 Å². The van der Waals surface area contributed by atoms with Crippen molar-refractivity contribution < 1.29 is 55.7 Å². The molecule has 0 spiro atoms. The monoisotopic (exact) mass is 711 g/mol. The number of carboxylic acid groups (broad SMARTS) is 2. The number of amides is 1. The molecular formula is C33H35F6N5O6. The lowest BCUT2D eigenvalue weighted by molar-refractivity contribution is -0.193. The van der Waals surface area contributed by atoms with Crippen LogP contribution in [0.25, 0.3) is 22.3 Å². The SMILES string of the molecule is CCC(=O)CCCCC[C@H](NC(=O)CCc1ccc2cccnc2n1)c1ncc(-c2ccccc2)[nH]1.O=C(O)C(F)(F)F.O=C(O)C(F)(F)F. The highest BCUT2D eigenvalue weighted by Crippen LogP contribution is 2.23. The van der Waals surface area contributed by atoms with Gasteiger partial charge in [0.1, 0.15) is 11.6 Å². The molecule has 1 amide bonds. The van der Waals surface area contributed by atoms with Crippen molar-refractivity contribution in [2.75, 3.05) is 0 Å². The minimum atomic E-state index is -5.08. The second kappa shape index (κ2) is 19.6. The molecule has 0 aliphatic heterocycles. The van der Waals surface area contributed by atoms with Crippen molar-refractivity contribution in [1.82, 2.24) is 25.3 Å². The van der Waals surface area contributed by atoms with E-state index in [9.17, 15) is 35.9 Å². The van der Waals surface area contributed by atoms with E-state index in [1.54, 1.807) is 6.20 Å². The first-order valence-corrected chi connectivity index (χ1v) is 15.2. The maximum Gasteiger partial charge on any atom is 0.490 e. The zero-order valence-corrected chi connectivity index (χ0v) is 26.7. The van der Waals surface area contributed by atoms with Crippen molar-refractivity contribution in [2.45, 2.75) is 76.7 Å². The molecule has 0 unspecified atom stereocenters. The number of H-pyrrole nitrogens is 1. The van der Waals surface area contributed by atoms with Crippen LogP contribution in [0.15, 0.2) is 67.0 Å². The number of aromatic amines is 1. The predicted molar refractivity (Wildman–Crippen MR) is 169 cm³/mol. The molecule has 3 heterocycles. The van der Waals surface area contributed by atoms with Crippen LogP contribution in [0.3, 0.4) is 0 Å². The van der Waals surface area contributed by atoms with E-state index in [4.69, 9.17) is 19.8 Å². The van der Waals surface area contributed by atoms with Gasteiger partial charge in [-0.1, -0.05) is 50.1 Å². The quantitative estimate of drug-likeness (QED) is 0.0840. The van der Waals surface area contributed by atoms with Gasteiger partial charge in [0.15, 0.2) is 5.65 Å². The third-order valence-electron chi connectivity index (χ3n) is 6.80. The Morgan fingerprint density at radius 2 is 1.46 bits per heavy atom. The van der Waals surface area contributed by atoms with Gasteiger partial charge in [0.2, 0.25) is 5.91 Å². The number of unbranched alkanes of at least 4 members (excludes halogenated alkanes) is 2. The molecule has 4 rings (SSSR count). The molecule has 0 aliphatic carbocycles. The summed E-state index contributed by atoms with van der Waals surface area (Å²) in [6, 6.07) is 17.6. The smallest absolute Gasteiger partial charge is 0.475 e. The van der Waals surface area contributed by atoms with E-state index in [1.807, 2.05) is 67.7 Å². The number of ketones is 1. The van der Waals surface area contributed by atoms with Crippen LogP contribution in [0, 0.1) is 0 Å². The number of halogens is 6. The largest absolute Gasteiger partial charge is 0.490 e. The predicted octanol–water partition coefficient (Wildman–Crippen LogP) is 7.01. The van der Waals surface area contributed by atoms with Crippen LogP contribution in [-0.4, -0.2) is 66.1 Å². The number of pyridine rings is 2. The minimum Gasteiger partial charge on any atom is -0.475 e. The number of Topliss-reactive ketones (excluding diaryl/α,β-unsaturated/α-hetero) is 1. The standard InChI is InChI=1S/C29H33N5O2.2C2HF3O2/c1-2-24(35)13-7-4-8-14-25(29-31-20-26(34-29)21-10-5-3-6-11-21)33-27(36)18-17-23-16-15-22-12-9-19-30-28(22)32-23;2*3-2(4,5)1(6)7/h3,5-6,9-12,15-16,19-20,25H,2,4,7-8,13-14,17-18H2,1H3,(H,31,34)(H,33,36);2*(H,6,7)/t25-;;/m0../s1. The van der Waals surface area contributed by atoms with Crippen molar-refractivity contribution in [2.24, 2.45) is 0 Å². The number of hydrogen-bond acceptors (Lipinski definition) is 7. The summed E-state index contributed by atoms with van der Waals surface area (Å²) in [5, 5.41) is 18.4. The molecule has 0 fully saturated rings. The van der Waals surface area contributed by atoms with Gasteiger partial charge in [-0.25, -0.2) is 24.5 Å². The van der Waals surface area contributed by atoms with Crippen LogP contribution < -0.4 is 5.32 Å². The fourth-order valence-corrected chi connectivity index (χ4v) is 4.22. The van der Waals surface area contributed by atoms with Gasteiger partial charge in [0.25, 0.3) is 0 Å². The van der Waals surface area contributed by atoms with E-state index < -0.39 is 24.3 Å². The van der Waals surface area contributed by atoms with E-state index in [-0.39, 0.29) is 11.9 Å². The lowest BCUT2D eigenvalue weighted by atomic mass is 10.0. The number of carboxylic acids is 2. The fraction of sp³-hybridized carbons (Fsp3) is 0.364. The second-order valence-corrected chi connectivity index (χ2v) is 10.6. The molecular weight excluding hydrogens is 676 g/mol. The number of carbonyl (C=O) groups is 4. The highest BCUT2D eigenvalue weighted by Gasteiger charge is 2.38. The Labute approximate surface area is 282 Å². The van der Waals surface area contributed by atoms with Crippen molar-refractivity contribution in [3.05, 3.63) is 78.5 Å². The summed E-state index contributed by atoms with van der Waals surface area (Å²) in [7, 11) is 0. The van der Waals surface area contributed by atoms with Crippen LogP contribution >= 0.6 is 0 Å². The number of benzene rings is 1. The number of rotatable bonds is 13. The number of nitrogens with zero attached hydrogens (tertiary/aromatic N) is 3. The first kappa shape index (κ1) is 40.8. The van der Waals surface area contributed by atoms with Gasteiger partial charge in [-0.05, 0) is 49.1 Å². The summed E-state index contributed by atoms with van der Waals surface area (Å²) in [5.41, 5.74) is 3.51. The van der Waals surface area contributed by atoms with Crippen molar-refractivity contribution in [3.63, 3.8) is 0 Å². The number of alkyl halides is 6. The summed E-state index contributed by atoms with van der Waals surface area (Å²) in [4.78, 5) is 59.2. The van der Waals surface area contributed by atoms with Crippen LogP contribution in [-0.2, 0) is 25.6 Å². The molecule has 0 saturated heterocycles. The molecule has 11 nitrogen and oxygen atoms in total. The van der Waals surface area contributed by atoms with Gasteiger partial charge in [-0.2, -0.15) is 26.3 Å². The number of aryl methyl sites for hydroxylation is 1. The molecule has 0 aliphatic rings. The van der Waals surface area contributed by atoms with E-state index in [0.717, 1.165) is 53.8 Å². The average molecular weight is 712 g/mol. The molecule has 0 saturated carbocycles. The molecule has 0 radical (unpaired) electrons. The van der Waals surface area contributed by atoms with Crippen LogP contribution in [0.5, 0.6) is 0 Å². The Bertz CT molecular complexity index is 1670. The maximum atomic E-state index is 12.9. The topological polar surface area (TPSA) is 175 Å². The summed E-state index contributed by atoms with van der Waals surface area (Å²) >= 11 is 0. The molecule has 0 bridgehead atoms. The third-order valence-corrected chi connectivity index (χ3v) is 6.80. The highest BCUT2D eigenvalue weighted by atomic mass is 19.4. The zero-order chi connectivity index (χ0) is 37.3. The number of hydrogen-bond donors (Lipinski definition) is 4. The maximum absolute atomic E-state index is 12.9. The Hall–Kier alpha value is -5.35. The molecule has 1 atom stereocenters. The first-order chi connectivity index (χ1) is 23.5. The van der Waals surface area contributed by atoms with Crippen LogP contribution in [0.1, 0.15) is 69.4 Å². The lowest BCUT2D eigenvalue weighted by Gasteiger charge is -2.17. The highest BCUT2D eigenvalue weighted by molar-refractivity contribution is 5.78. The molecule has 50 heavy (non-hydrogen) atoms. The number of carbonyl (C=O) groups excluding carboxylic acids is 2. The normalized spacial score (nSPS) is 11.7. The van der Waals surface area contributed by atoms with E-state index in [0.29, 0.717) is 37.1 Å². The molecule has 17 heteroatoms. The van der Waals surface area contributed by atoms with Gasteiger partial charge in [-0.3, -0.25) is 9.59 Å². The molecule has 4 N–H and O–H groups in total. The average Bonchev–Trinajstić information content (AvgIpc) is 3.57. The summed E-state index contributed by atoms with van der Waals surface area (Å²) in [6.07, 6.45) is -1.06. The minimum absolute atomic E-state index is 0.0401. The number of fused-ring (bicyclic) bond motifs is 1. The van der Waals surface area contributed by atoms with Gasteiger partial charge in [-0.15, -0.1) is 0 Å². The van der Waals surface area contributed by atoms with Crippen LogP contribution in [0.4, 0.5) is 26.3 Å². The second-order valence-electron chi connectivity index (χ2n) is 10.6. The van der Waals surface area contributed by atoms with E-state index >= 15 is 0 Å². The van der Waals surface area contributed by atoms with E-state index in [2.05, 4.69) is 25.3 Å². The third kappa shape index (κ3) is 14.8. The van der Waals surface area contributed by atoms with Crippen molar-refractivity contribution in [3.8, 4) is 11.3 Å². The van der Waals surface area contributed by atoms with E-state index in [1.165, 1.54) is 0 Å². The number of aromatic nitrogens is 4. The zero-order valence-electron chi connectivity index (χ0n) is 26.7. The summed E-state index contributed by atoms with van der Waals surface area (Å²) in [5.74, 6) is -4.50. The van der Waals surface area contributed by atoms with Gasteiger partial charge < -0.3 is 20.5 Å². The fourth-order valence-electron chi connectivity index (χ4n) is 4.22. The Morgan fingerprint density at radius 3 is 2.06 bits per heavy atom. The molecule has 3 aromatic heterocycles. The molecule has 1 aromatic carbocycles. The van der Waals surface area contributed by atoms with Crippen molar-refractivity contribution >= 4 is 34.7 Å². The lowest BCUT2D eigenvalue weighted by Crippen LogP contribution is -2.29. The summed E-state index contributed by atoms with van der Waals surface area (Å²) in [6.45, 7) is 1.90. The number of nitrogens with one attached hydrogen (secondary N) is 2.